The molecule has 0 N–H and O–H groups in total. The zero-order valence-electron chi connectivity index (χ0n) is 12.2. The zero-order valence-corrected chi connectivity index (χ0v) is 12.2. The molecule has 1 fully saturated rings. The highest BCUT2D eigenvalue weighted by atomic mass is 16.6. The van der Waals surface area contributed by atoms with Gasteiger partial charge in [0.15, 0.2) is 17.3 Å². The Morgan fingerprint density at radius 1 is 1.29 bits per heavy atom. The van der Waals surface area contributed by atoms with Crippen molar-refractivity contribution in [3.63, 3.8) is 0 Å². The minimum Gasteiger partial charge on any atom is -0.486 e. The minimum absolute atomic E-state index is 0.0165. The van der Waals surface area contributed by atoms with Gasteiger partial charge in [0.25, 0.3) is 0 Å². The standard InChI is InChI=1S/C17H19NO3/c1-11-3-2-4-13(11)17(19)14(10-18)12-5-6-15-16(9-12)21-8-7-20-15/h5-6,9,11,13-14H,2-4,7-8H2,1H3. The van der Waals surface area contributed by atoms with E-state index >= 15 is 0 Å². The topological polar surface area (TPSA) is 59.3 Å². The highest BCUT2D eigenvalue weighted by Gasteiger charge is 2.35. The van der Waals surface area contributed by atoms with Crippen LogP contribution in [0.4, 0.5) is 0 Å². The molecule has 1 aromatic rings. The third-order valence-electron chi connectivity index (χ3n) is 4.54. The van der Waals surface area contributed by atoms with Gasteiger partial charge in [-0.3, -0.25) is 4.79 Å². The highest BCUT2D eigenvalue weighted by molar-refractivity contribution is 5.91. The molecule has 1 saturated carbocycles. The average molecular weight is 285 g/mol. The molecule has 2 aliphatic rings. The van der Waals surface area contributed by atoms with Gasteiger partial charge in [-0.1, -0.05) is 19.4 Å². The zero-order chi connectivity index (χ0) is 14.8. The highest BCUT2D eigenvalue weighted by Crippen LogP contribution is 2.38. The Morgan fingerprint density at radius 3 is 2.71 bits per heavy atom. The Bertz CT molecular complexity index is 590. The second kappa shape index (κ2) is 5.77. The number of Topliss-reactive ketones (excluding diaryl/α,β-unsaturated/α-hetero) is 1. The summed E-state index contributed by atoms with van der Waals surface area (Å²) >= 11 is 0. The van der Waals surface area contributed by atoms with Crippen LogP contribution in [0.2, 0.25) is 0 Å². The molecule has 0 saturated heterocycles. The third kappa shape index (κ3) is 2.61. The fourth-order valence-corrected chi connectivity index (χ4v) is 3.32. The van der Waals surface area contributed by atoms with Crippen molar-refractivity contribution < 1.29 is 14.3 Å². The number of carbonyl (C=O) groups excluding carboxylic acids is 1. The average Bonchev–Trinajstić information content (AvgIpc) is 2.94. The number of hydrogen-bond acceptors (Lipinski definition) is 4. The number of fused-ring (bicyclic) bond motifs is 1. The van der Waals surface area contributed by atoms with Gasteiger partial charge < -0.3 is 9.47 Å². The molecule has 4 heteroatoms. The number of ether oxygens (including phenoxy) is 2. The molecule has 0 bridgehead atoms. The molecule has 1 aromatic carbocycles. The molecular formula is C17H19NO3. The quantitative estimate of drug-likeness (QED) is 0.856. The number of ketones is 1. The van der Waals surface area contributed by atoms with E-state index in [9.17, 15) is 10.1 Å². The summed E-state index contributed by atoms with van der Waals surface area (Å²) in [5.41, 5.74) is 0.714. The van der Waals surface area contributed by atoms with Gasteiger partial charge in [-0.2, -0.15) is 5.26 Å². The van der Waals surface area contributed by atoms with E-state index in [-0.39, 0.29) is 11.7 Å². The largest absolute Gasteiger partial charge is 0.486 e. The summed E-state index contributed by atoms with van der Waals surface area (Å²) in [5, 5.41) is 9.46. The maximum absolute atomic E-state index is 12.7. The van der Waals surface area contributed by atoms with Crippen molar-refractivity contribution in [3.8, 4) is 17.6 Å². The second-order valence-corrected chi connectivity index (χ2v) is 5.88. The summed E-state index contributed by atoms with van der Waals surface area (Å²) in [6.45, 7) is 3.14. The first kappa shape index (κ1) is 13.9. The Balaban J connectivity index is 1.86. The summed E-state index contributed by atoms with van der Waals surface area (Å²) in [5.74, 6) is 1.06. The van der Waals surface area contributed by atoms with Crippen LogP contribution in [0.5, 0.6) is 11.5 Å². The van der Waals surface area contributed by atoms with Gasteiger partial charge >= 0.3 is 0 Å². The van der Waals surface area contributed by atoms with Crippen molar-refractivity contribution in [2.75, 3.05) is 13.2 Å². The first-order valence-corrected chi connectivity index (χ1v) is 7.53. The number of nitrogens with zero attached hydrogens (tertiary/aromatic N) is 1. The van der Waals surface area contributed by atoms with Crippen molar-refractivity contribution in [3.05, 3.63) is 23.8 Å². The Hall–Kier alpha value is -2.02. The smallest absolute Gasteiger partial charge is 0.161 e. The summed E-state index contributed by atoms with van der Waals surface area (Å²) < 4.78 is 11.0. The lowest BCUT2D eigenvalue weighted by Crippen LogP contribution is -2.23. The molecule has 1 aliphatic carbocycles. The Morgan fingerprint density at radius 2 is 2.05 bits per heavy atom. The molecule has 0 amide bonds. The number of hydrogen-bond donors (Lipinski definition) is 0. The van der Waals surface area contributed by atoms with Gasteiger partial charge in [-0.05, 0) is 36.5 Å². The van der Waals surface area contributed by atoms with E-state index in [1.165, 1.54) is 0 Å². The normalized spacial score (nSPS) is 25.1. The molecule has 3 unspecified atom stereocenters. The third-order valence-corrected chi connectivity index (χ3v) is 4.54. The Labute approximate surface area is 124 Å². The molecule has 0 radical (unpaired) electrons. The van der Waals surface area contributed by atoms with Crippen LogP contribution >= 0.6 is 0 Å². The molecule has 1 aliphatic heterocycles. The second-order valence-electron chi connectivity index (χ2n) is 5.88. The molecule has 110 valence electrons. The number of rotatable bonds is 3. The van der Waals surface area contributed by atoms with Crippen LogP contribution in [-0.2, 0) is 4.79 Å². The number of nitriles is 1. The van der Waals surface area contributed by atoms with Gasteiger partial charge in [0.2, 0.25) is 0 Å². The van der Waals surface area contributed by atoms with Gasteiger partial charge in [0, 0.05) is 5.92 Å². The van der Waals surface area contributed by atoms with Crippen molar-refractivity contribution in [2.24, 2.45) is 11.8 Å². The number of benzene rings is 1. The fourth-order valence-electron chi connectivity index (χ4n) is 3.32. The molecule has 3 atom stereocenters. The summed E-state index contributed by atoms with van der Waals surface area (Å²) in [6, 6.07) is 7.55. The van der Waals surface area contributed by atoms with E-state index in [0.717, 1.165) is 19.3 Å². The Kier molecular flexibility index (Phi) is 3.83. The van der Waals surface area contributed by atoms with Crippen LogP contribution in [0.1, 0.15) is 37.7 Å². The van der Waals surface area contributed by atoms with Crippen molar-refractivity contribution >= 4 is 5.78 Å². The SMILES string of the molecule is CC1CCCC1C(=O)C(C#N)c1ccc2c(c1)OCCO2. The van der Waals surface area contributed by atoms with E-state index < -0.39 is 5.92 Å². The van der Waals surface area contributed by atoms with E-state index in [1.54, 1.807) is 18.2 Å². The summed E-state index contributed by atoms with van der Waals surface area (Å²) in [6.07, 6.45) is 3.06. The molecule has 0 aromatic heterocycles. The van der Waals surface area contributed by atoms with Crippen LogP contribution in [0.3, 0.4) is 0 Å². The van der Waals surface area contributed by atoms with Crippen molar-refractivity contribution in [1.29, 1.82) is 5.26 Å². The first-order valence-electron chi connectivity index (χ1n) is 7.53. The predicted molar refractivity (Wildman–Crippen MR) is 77.3 cm³/mol. The summed E-state index contributed by atoms with van der Waals surface area (Å²) in [4.78, 5) is 12.7. The van der Waals surface area contributed by atoms with E-state index in [2.05, 4.69) is 13.0 Å². The molecule has 3 rings (SSSR count). The lowest BCUT2D eigenvalue weighted by molar-refractivity contribution is -0.124. The van der Waals surface area contributed by atoms with Crippen LogP contribution in [-0.4, -0.2) is 19.0 Å². The van der Waals surface area contributed by atoms with Gasteiger partial charge in [-0.15, -0.1) is 0 Å². The van der Waals surface area contributed by atoms with Crippen LogP contribution in [0.15, 0.2) is 18.2 Å². The van der Waals surface area contributed by atoms with E-state index in [1.807, 2.05) is 0 Å². The molecule has 0 spiro atoms. The molecule has 1 heterocycles. The first-order chi connectivity index (χ1) is 10.2. The molecule has 21 heavy (non-hydrogen) atoms. The van der Waals surface area contributed by atoms with Gasteiger partial charge in [-0.25, -0.2) is 0 Å². The maximum atomic E-state index is 12.7. The number of carbonyl (C=O) groups is 1. The van der Waals surface area contributed by atoms with Gasteiger partial charge in [0.1, 0.15) is 19.1 Å². The lowest BCUT2D eigenvalue weighted by atomic mass is 9.83. The summed E-state index contributed by atoms with van der Waals surface area (Å²) in [7, 11) is 0. The maximum Gasteiger partial charge on any atom is 0.161 e. The molecular weight excluding hydrogens is 266 g/mol. The van der Waals surface area contributed by atoms with E-state index in [4.69, 9.17) is 9.47 Å². The van der Waals surface area contributed by atoms with E-state index in [0.29, 0.717) is 36.2 Å². The molecule has 4 nitrogen and oxygen atoms in total. The van der Waals surface area contributed by atoms with Crippen molar-refractivity contribution in [1.82, 2.24) is 0 Å². The van der Waals surface area contributed by atoms with Crippen LogP contribution < -0.4 is 9.47 Å². The monoisotopic (exact) mass is 285 g/mol. The van der Waals surface area contributed by atoms with Crippen LogP contribution in [0.25, 0.3) is 0 Å². The predicted octanol–water partition coefficient (Wildman–Crippen LogP) is 3.07. The minimum atomic E-state index is -0.702. The fraction of sp³-hybridized carbons (Fsp3) is 0.529. The van der Waals surface area contributed by atoms with Crippen molar-refractivity contribution in [2.45, 2.75) is 32.1 Å². The van der Waals surface area contributed by atoms with Crippen LogP contribution in [0, 0.1) is 23.2 Å². The lowest BCUT2D eigenvalue weighted by Gasteiger charge is -2.21. The van der Waals surface area contributed by atoms with Gasteiger partial charge in [0.05, 0.1) is 6.07 Å².